The van der Waals surface area contributed by atoms with Gasteiger partial charge in [0, 0.05) is 24.6 Å². The maximum absolute atomic E-state index is 4.27. The van der Waals surface area contributed by atoms with Crippen LogP contribution in [-0.4, -0.2) is 26.1 Å². The van der Waals surface area contributed by atoms with E-state index >= 15 is 0 Å². The number of rotatable bonds is 5. The van der Waals surface area contributed by atoms with Crippen LogP contribution >= 0.6 is 0 Å². The van der Waals surface area contributed by atoms with Gasteiger partial charge in [-0.3, -0.25) is 9.50 Å². The van der Waals surface area contributed by atoms with Gasteiger partial charge in [-0.05, 0) is 37.5 Å². The number of hydrogen-bond acceptors (Lipinski definition) is 3. The van der Waals surface area contributed by atoms with Gasteiger partial charge in [0.15, 0.2) is 0 Å². The molecule has 0 aliphatic carbocycles. The summed E-state index contributed by atoms with van der Waals surface area (Å²) >= 11 is 0. The molecule has 3 aromatic rings. The highest BCUT2D eigenvalue weighted by atomic mass is 15.1. The van der Waals surface area contributed by atoms with Gasteiger partial charge in [0.2, 0.25) is 0 Å². The van der Waals surface area contributed by atoms with Crippen LogP contribution in [0.5, 0.6) is 0 Å². The third kappa shape index (κ3) is 2.45. The molecule has 5 nitrogen and oxygen atoms in total. The molecule has 0 amide bonds. The Kier molecular flexibility index (Phi) is 3.18. The molecule has 0 fully saturated rings. The van der Waals surface area contributed by atoms with Gasteiger partial charge in [0.1, 0.15) is 11.5 Å². The Morgan fingerprint density at radius 2 is 2.32 bits per heavy atom. The molecule has 0 saturated carbocycles. The molecule has 0 aliphatic rings. The number of imidazole rings is 1. The number of nitrogens with zero attached hydrogens (tertiary/aromatic N) is 3. The molecule has 3 aromatic heterocycles. The van der Waals surface area contributed by atoms with Crippen molar-refractivity contribution in [3.05, 3.63) is 48.0 Å². The Hall–Kier alpha value is -2.30. The van der Waals surface area contributed by atoms with Gasteiger partial charge in [-0.15, -0.1) is 0 Å². The number of aromatic nitrogens is 4. The standard InChI is InChI=1S/C14H17N5/c1-11-12(10-17-18-11)4-3-7-15-13-5-2-6-14-16-8-9-19(13)14/h2,5-6,8-10,15H,3-4,7H2,1H3,(H,17,18). The average Bonchev–Trinajstić information content (AvgIpc) is 3.04. The number of H-pyrrole nitrogens is 1. The molecule has 5 heteroatoms. The highest BCUT2D eigenvalue weighted by Crippen LogP contribution is 2.11. The first-order valence-corrected chi connectivity index (χ1v) is 6.49. The van der Waals surface area contributed by atoms with E-state index in [1.165, 1.54) is 5.56 Å². The quantitative estimate of drug-likeness (QED) is 0.688. The number of nitrogens with one attached hydrogen (secondary N) is 2. The molecule has 19 heavy (non-hydrogen) atoms. The van der Waals surface area contributed by atoms with E-state index < -0.39 is 0 Å². The molecule has 98 valence electrons. The first kappa shape index (κ1) is 11.8. The fourth-order valence-corrected chi connectivity index (χ4v) is 2.21. The predicted molar refractivity (Wildman–Crippen MR) is 75.3 cm³/mol. The Morgan fingerprint density at radius 3 is 3.16 bits per heavy atom. The summed E-state index contributed by atoms with van der Waals surface area (Å²) in [6, 6.07) is 6.09. The van der Waals surface area contributed by atoms with Crippen LogP contribution in [0.3, 0.4) is 0 Å². The van der Waals surface area contributed by atoms with Gasteiger partial charge < -0.3 is 5.32 Å². The number of aromatic amines is 1. The van der Waals surface area contributed by atoms with E-state index in [-0.39, 0.29) is 0 Å². The minimum Gasteiger partial charge on any atom is -0.371 e. The second-order valence-electron chi connectivity index (χ2n) is 4.62. The molecule has 0 atom stereocenters. The summed E-state index contributed by atoms with van der Waals surface area (Å²) < 4.78 is 2.06. The van der Waals surface area contributed by atoms with Crippen molar-refractivity contribution in [2.45, 2.75) is 19.8 Å². The molecular formula is C14H17N5. The highest BCUT2D eigenvalue weighted by Gasteiger charge is 2.01. The van der Waals surface area contributed by atoms with E-state index in [2.05, 4.69) is 37.9 Å². The second kappa shape index (κ2) is 5.14. The SMILES string of the molecule is Cc1[nH]ncc1CCCNc1cccc2nccn12. The third-order valence-corrected chi connectivity index (χ3v) is 3.29. The number of anilines is 1. The van der Waals surface area contributed by atoms with Crippen molar-refractivity contribution >= 4 is 11.5 Å². The lowest BCUT2D eigenvalue weighted by Gasteiger charge is -2.08. The molecule has 0 spiro atoms. The van der Waals surface area contributed by atoms with Gasteiger partial charge >= 0.3 is 0 Å². The lowest BCUT2D eigenvalue weighted by molar-refractivity contribution is 0.851. The van der Waals surface area contributed by atoms with E-state index in [1.807, 2.05) is 30.7 Å². The topological polar surface area (TPSA) is 58.0 Å². The summed E-state index contributed by atoms with van der Waals surface area (Å²) in [4.78, 5) is 4.27. The van der Waals surface area contributed by atoms with Crippen molar-refractivity contribution in [2.75, 3.05) is 11.9 Å². The fraction of sp³-hybridized carbons (Fsp3) is 0.286. The van der Waals surface area contributed by atoms with Gasteiger partial charge in [-0.1, -0.05) is 6.07 Å². The van der Waals surface area contributed by atoms with Crippen molar-refractivity contribution in [2.24, 2.45) is 0 Å². The zero-order valence-electron chi connectivity index (χ0n) is 10.9. The molecule has 0 saturated heterocycles. The average molecular weight is 255 g/mol. The highest BCUT2D eigenvalue weighted by molar-refractivity contribution is 5.49. The van der Waals surface area contributed by atoms with E-state index in [0.717, 1.165) is 36.5 Å². The smallest absolute Gasteiger partial charge is 0.138 e. The van der Waals surface area contributed by atoms with Gasteiger partial charge in [0.05, 0.1) is 6.20 Å². The monoisotopic (exact) mass is 255 g/mol. The maximum atomic E-state index is 4.27. The first-order chi connectivity index (χ1) is 9.34. The summed E-state index contributed by atoms with van der Waals surface area (Å²) in [5.41, 5.74) is 3.43. The minimum absolute atomic E-state index is 0.932. The van der Waals surface area contributed by atoms with E-state index in [0.29, 0.717) is 0 Å². The molecule has 0 unspecified atom stereocenters. The molecule has 3 heterocycles. The lowest BCUT2D eigenvalue weighted by Crippen LogP contribution is -2.06. The van der Waals surface area contributed by atoms with Crippen molar-refractivity contribution < 1.29 is 0 Å². The van der Waals surface area contributed by atoms with Crippen LogP contribution < -0.4 is 5.32 Å². The van der Waals surface area contributed by atoms with Gasteiger partial charge in [-0.25, -0.2) is 4.98 Å². The third-order valence-electron chi connectivity index (χ3n) is 3.29. The molecule has 3 rings (SSSR count). The summed E-state index contributed by atoms with van der Waals surface area (Å²) in [6.07, 6.45) is 7.81. The Balaban J connectivity index is 1.58. The molecule has 0 aliphatic heterocycles. The molecule has 0 bridgehead atoms. The molecular weight excluding hydrogens is 238 g/mol. The van der Waals surface area contributed by atoms with Crippen molar-refractivity contribution in [3.8, 4) is 0 Å². The van der Waals surface area contributed by atoms with Crippen LogP contribution in [-0.2, 0) is 6.42 Å². The first-order valence-electron chi connectivity index (χ1n) is 6.49. The predicted octanol–water partition coefficient (Wildman–Crippen LogP) is 2.41. The summed E-state index contributed by atoms with van der Waals surface area (Å²) in [5, 5.41) is 10.4. The second-order valence-corrected chi connectivity index (χ2v) is 4.62. The van der Waals surface area contributed by atoms with Crippen LogP contribution in [0.1, 0.15) is 17.7 Å². The van der Waals surface area contributed by atoms with Crippen molar-refractivity contribution in [1.82, 2.24) is 19.6 Å². The summed E-state index contributed by atoms with van der Waals surface area (Å²) in [5.74, 6) is 1.08. The van der Waals surface area contributed by atoms with Crippen LogP contribution in [0, 0.1) is 6.92 Å². The van der Waals surface area contributed by atoms with Gasteiger partial charge in [0.25, 0.3) is 0 Å². The van der Waals surface area contributed by atoms with Crippen molar-refractivity contribution in [3.63, 3.8) is 0 Å². The van der Waals surface area contributed by atoms with E-state index in [1.54, 1.807) is 0 Å². The maximum Gasteiger partial charge on any atom is 0.138 e. The van der Waals surface area contributed by atoms with Crippen LogP contribution in [0.25, 0.3) is 5.65 Å². The minimum atomic E-state index is 0.932. The normalized spacial score (nSPS) is 11.0. The number of aryl methyl sites for hydroxylation is 2. The van der Waals surface area contributed by atoms with E-state index in [9.17, 15) is 0 Å². The summed E-state index contributed by atoms with van der Waals surface area (Å²) in [6.45, 7) is 2.99. The number of pyridine rings is 1. The molecule has 0 aromatic carbocycles. The van der Waals surface area contributed by atoms with Crippen LogP contribution in [0.2, 0.25) is 0 Å². The van der Waals surface area contributed by atoms with Crippen LogP contribution in [0.4, 0.5) is 5.82 Å². The molecule has 2 N–H and O–H groups in total. The zero-order valence-corrected chi connectivity index (χ0v) is 10.9. The van der Waals surface area contributed by atoms with Crippen LogP contribution in [0.15, 0.2) is 36.8 Å². The number of fused-ring (bicyclic) bond motifs is 1. The Morgan fingerprint density at radius 1 is 1.37 bits per heavy atom. The van der Waals surface area contributed by atoms with Crippen molar-refractivity contribution in [1.29, 1.82) is 0 Å². The van der Waals surface area contributed by atoms with E-state index in [4.69, 9.17) is 0 Å². The van der Waals surface area contributed by atoms with Gasteiger partial charge in [-0.2, -0.15) is 5.10 Å². The Bertz CT molecular complexity index is 667. The molecule has 0 radical (unpaired) electrons. The summed E-state index contributed by atoms with van der Waals surface area (Å²) in [7, 11) is 0. The zero-order chi connectivity index (χ0) is 13.1. The lowest BCUT2D eigenvalue weighted by atomic mass is 10.1. The fourth-order valence-electron chi connectivity index (χ4n) is 2.21. The Labute approximate surface area is 111 Å². The largest absolute Gasteiger partial charge is 0.371 e. The number of hydrogen-bond donors (Lipinski definition) is 2.